The number of imidazole rings is 1. The van der Waals surface area contributed by atoms with Crippen molar-refractivity contribution in [1.29, 1.82) is 0 Å². The topological polar surface area (TPSA) is 75.2 Å². The van der Waals surface area contributed by atoms with Crippen LogP contribution in [0, 0.1) is 12.7 Å². The third-order valence-corrected chi connectivity index (χ3v) is 5.92. The molecule has 1 aromatic carbocycles. The molecular weight excluding hydrogens is 415 g/mol. The maximum absolute atomic E-state index is 14.5. The predicted molar refractivity (Wildman–Crippen MR) is 130 cm³/mol. The van der Waals surface area contributed by atoms with Crippen LogP contribution in [-0.2, 0) is 7.05 Å². The van der Waals surface area contributed by atoms with Crippen LogP contribution in [0.25, 0.3) is 51.3 Å². The number of aryl methyl sites for hydroxylation is 1. The van der Waals surface area contributed by atoms with Crippen molar-refractivity contribution in [3.8, 4) is 22.6 Å². The number of aromatic amines is 2. The van der Waals surface area contributed by atoms with Gasteiger partial charge in [0.1, 0.15) is 17.3 Å². The molecule has 164 valence electrons. The van der Waals surface area contributed by atoms with Crippen LogP contribution in [0.1, 0.15) is 18.4 Å². The minimum Gasteiger partial charge on any atom is -0.353 e. The highest BCUT2D eigenvalue weighted by Gasteiger charge is 2.15. The van der Waals surface area contributed by atoms with Crippen LogP contribution < -0.4 is 10.6 Å². The number of H-pyrrole nitrogens is 2. The van der Waals surface area contributed by atoms with Gasteiger partial charge in [-0.3, -0.25) is 10.1 Å². The summed E-state index contributed by atoms with van der Waals surface area (Å²) in [5.41, 5.74) is 5.23. The lowest BCUT2D eigenvalue weighted by Gasteiger charge is -2.03. The Morgan fingerprint density at radius 2 is 1.97 bits per heavy atom. The van der Waals surface area contributed by atoms with Gasteiger partial charge in [-0.1, -0.05) is 24.8 Å². The molecule has 0 spiro atoms. The summed E-state index contributed by atoms with van der Waals surface area (Å²) in [6.07, 6.45) is 7.48. The van der Waals surface area contributed by atoms with E-state index in [2.05, 4.69) is 31.7 Å². The standard InChI is InChI=1S/C26H23FN6/c1-5-21-18(12-15(2)24-14-29-16(3)33(24)4)26(32-31-21)23-13-19-22(30-23)10-11-28-25(19)17-8-6-7-9-20(17)27/h5-14,30-31H,2H2,1,3-4H3/b18-12+,21-5+. The number of fused-ring (bicyclic) bond motifs is 1. The molecule has 0 fully saturated rings. The minimum absolute atomic E-state index is 0.306. The first-order chi connectivity index (χ1) is 16.0. The Morgan fingerprint density at radius 1 is 1.15 bits per heavy atom. The van der Waals surface area contributed by atoms with Gasteiger partial charge in [0.25, 0.3) is 0 Å². The van der Waals surface area contributed by atoms with Crippen LogP contribution in [0.4, 0.5) is 4.39 Å². The van der Waals surface area contributed by atoms with E-state index < -0.39 is 0 Å². The number of aromatic nitrogens is 6. The number of halogens is 1. The zero-order chi connectivity index (χ0) is 23.1. The number of hydrogen-bond acceptors (Lipinski definition) is 3. The Kier molecular flexibility index (Phi) is 5.01. The van der Waals surface area contributed by atoms with E-state index in [1.54, 1.807) is 18.3 Å². The lowest BCUT2D eigenvalue weighted by Crippen LogP contribution is -2.23. The van der Waals surface area contributed by atoms with Crippen molar-refractivity contribution in [3.63, 3.8) is 0 Å². The van der Waals surface area contributed by atoms with Crippen molar-refractivity contribution in [3.05, 3.63) is 83.3 Å². The molecule has 0 atom stereocenters. The smallest absolute Gasteiger partial charge is 0.132 e. The quantitative estimate of drug-likeness (QED) is 0.444. The first-order valence-corrected chi connectivity index (χ1v) is 10.6. The molecular formula is C26H23FN6. The number of hydrogen-bond donors (Lipinski definition) is 2. The second kappa shape index (κ2) is 8.02. The van der Waals surface area contributed by atoms with Crippen LogP contribution in [-0.4, -0.2) is 29.7 Å². The molecule has 0 aliphatic heterocycles. The minimum atomic E-state index is -0.306. The molecule has 0 saturated carbocycles. The Morgan fingerprint density at radius 3 is 2.70 bits per heavy atom. The molecule has 4 heterocycles. The molecule has 4 aromatic heterocycles. The molecule has 7 heteroatoms. The third kappa shape index (κ3) is 3.47. The van der Waals surface area contributed by atoms with Gasteiger partial charge in [-0.2, -0.15) is 5.10 Å². The number of benzene rings is 1. The van der Waals surface area contributed by atoms with Crippen LogP contribution in [0.2, 0.25) is 0 Å². The average molecular weight is 439 g/mol. The summed E-state index contributed by atoms with van der Waals surface area (Å²) < 4.78 is 16.5. The maximum atomic E-state index is 14.5. The molecule has 2 N–H and O–H groups in total. The second-order valence-corrected chi connectivity index (χ2v) is 7.89. The fraction of sp³-hybridized carbons (Fsp3) is 0.115. The van der Waals surface area contributed by atoms with Crippen molar-refractivity contribution in [1.82, 2.24) is 29.7 Å². The van der Waals surface area contributed by atoms with E-state index in [9.17, 15) is 4.39 Å². The summed E-state index contributed by atoms with van der Waals surface area (Å²) in [5, 5.41) is 10.3. The normalized spacial score (nSPS) is 12.7. The van der Waals surface area contributed by atoms with Gasteiger partial charge in [0.15, 0.2) is 0 Å². The number of nitrogens with one attached hydrogen (secondary N) is 2. The van der Waals surface area contributed by atoms with E-state index in [0.717, 1.165) is 49.9 Å². The van der Waals surface area contributed by atoms with Crippen molar-refractivity contribution in [2.75, 3.05) is 0 Å². The summed E-state index contributed by atoms with van der Waals surface area (Å²) in [6, 6.07) is 10.5. The zero-order valence-electron chi connectivity index (χ0n) is 18.6. The monoisotopic (exact) mass is 438 g/mol. The predicted octanol–water partition coefficient (Wildman–Crippen LogP) is 4.10. The number of rotatable bonds is 4. The molecule has 0 aliphatic carbocycles. The largest absolute Gasteiger partial charge is 0.353 e. The van der Waals surface area contributed by atoms with Crippen molar-refractivity contribution >= 4 is 28.6 Å². The van der Waals surface area contributed by atoms with Crippen LogP contribution in [0.3, 0.4) is 0 Å². The third-order valence-electron chi connectivity index (χ3n) is 5.92. The van der Waals surface area contributed by atoms with Gasteiger partial charge in [0.2, 0.25) is 0 Å². The van der Waals surface area contributed by atoms with E-state index >= 15 is 0 Å². The molecule has 0 amide bonds. The Balaban J connectivity index is 1.69. The van der Waals surface area contributed by atoms with E-state index in [4.69, 9.17) is 0 Å². The fourth-order valence-electron chi connectivity index (χ4n) is 4.03. The summed E-state index contributed by atoms with van der Waals surface area (Å²) >= 11 is 0. The summed E-state index contributed by atoms with van der Waals surface area (Å²) in [7, 11) is 1.97. The molecule has 0 radical (unpaired) electrons. The Hall–Kier alpha value is -4.26. The molecule has 33 heavy (non-hydrogen) atoms. The van der Waals surface area contributed by atoms with E-state index in [-0.39, 0.29) is 5.82 Å². The van der Waals surface area contributed by atoms with Crippen LogP contribution in [0.15, 0.2) is 55.4 Å². The second-order valence-electron chi connectivity index (χ2n) is 7.89. The lowest BCUT2D eigenvalue weighted by atomic mass is 10.1. The summed E-state index contributed by atoms with van der Waals surface area (Å²) in [4.78, 5) is 12.3. The highest BCUT2D eigenvalue weighted by atomic mass is 19.1. The summed E-state index contributed by atoms with van der Waals surface area (Å²) in [5.74, 6) is 0.609. The van der Waals surface area contributed by atoms with Crippen LogP contribution >= 0.6 is 0 Å². The van der Waals surface area contributed by atoms with Crippen LogP contribution in [0.5, 0.6) is 0 Å². The fourth-order valence-corrected chi connectivity index (χ4v) is 4.03. The summed E-state index contributed by atoms with van der Waals surface area (Å²) in [6.45, 7) is 8.17. The molecule has 5 aromatic rings. The van der Waals surface area contributed by atoms with Gasteiger partial charge < -0.3 is 9.55 Å². The highest BCUT2D eigenvalue weighted by Crippen LogP contribution is 2.30. The van der Waals surface area contributed by atoms with Gasteiger partial charge in [0.05, 0.1) is 28.6 Å². The first-order valence-electron chi connectivity index (χ1n) is 10.6. The van der Waals surface area contributed by atoms with Crippen molar-refractivity contribution < 1.29 is 4.39 Å². The number of pyridine rings is 1. The Labute approximate surface area is 189 Å². The molecule has 0 unspecified atom stereocenters. The van der Waals surface area contributed by atoms with Gasteiger partial charge in [-0.05, 0) is 49.8 Å². The van der Waals surface area contributed by atoms with Gasteiger partial charge >= 0.3 is 0 Å². The molecule has 0 aliphatic rings. The van der Waals surface area contributed by atoms with Crippen molar-refractivity contribution in [2.45, 2.75) is 13.8 Å². The molecule has 0 saturated heterocycles. The average Bonchev–Trinajstić information content (AvgIpc) is 3.51. The Bertz CT molecular complexity index is 1630. The SMILES string of the molecule is C=C(/C=c1/c(-c2cc3c(-c4ccccc4F)nccc3[nH]2)n[nH]/c1=C/C)c1cnc(C)n1C. The number of allylic oxidation sites excluding steroid dienone is 1. The zero-order valence-corrected chi connectivity index (χ0v) is 18.6. The lowest BCUT2D eigenvalue weighted by molar-refractivity contribution is 0.631. The molecule has 5 rings (SSSR count). The first kappa shape index (κ1) is 20.6. The van der Waals surface area contributed by atoms with E-state index in [1.165, 1.54) is 6.07 Å². The van der Waals surface area contributed by atoms with Gasteiger partial charge in [-0.15, -0.1) is 0 Å². The van der Waals surface area contributed by atoms with Crippen molar-refractivity contribution in [2.24, 2.45) is 7.05 Å². The van der Waals surface area contributed by atoms with E-state index in [0.29, 0.717) is 11.3 Å². The number of nitrogens with zero attached hydrogens (tertiary/aromatic N) is 4. The van der Waals surface area contributed by atoms with E-state index in [1.807, 2.05) is 62.0 Å². The molecule has 0 bridgehead atoms. The molecule has 6 nitrogen and oxygen atoms in total. The van der Waals surface area contributed by atoms with Gasteiger partial charge in [-0.25, -0.2) is 9.37 Å². The maximum Gasteiger partial charge on any atom is 0.132 e. The van der Waals surface area contributed by atoms with Gasteiger partial charge in [0, 0.05) is 34.9 Å². The highest BCUT2D eigenvalue weighted by molar-refractivity contribution is 5.96.